The Kier molecular flexibility index (Phi) is 4.43. The largest absolute Gasteiger partial charge is 0.444 e. The Hall–Kier alpha value is -1.90. The van der Waals surface area contributed by atoms with Crippen molar-refractivity contribution in [1.82, 2.24) is 10.2 Å². The van der Waals surface area contributed by atoms with Gasteiger partial charge < -0.3 is 19.7 Å². The molecular formula is C12H18N2O4. The normalized spacial score (nSPS) is 15.3. The molecule has 0 atom stereocenters. The lowest BCUT2D eigenvalue weighted by Gasteiger charge is -2.38. The molecule has 1 saturated heterocycles. The van der Waals surface area contributed by atoms with Crippen LogP contribution in [0.4, 0.5) is 9.59 Å². The van der Waals surface area contributed by atoms with Gasteiger partial charge in [-0.05, 0) is 20.8 Å². The van der Waals surface area contributed by atoms with E-state index in [1.807, 2.05) is 0 Å². The summed E-state index contributed by atoms with van der Waals surface area (Å²) >= 11 is 0. The Bertz CT molecular complexity index is 361. The Morgan fingerprint density at radius 3 is 2.56 bits per heavy atom. The van der Waals surface area contributed by atoms with Crippen LogP contribution < -0.4 is 5.32 Å². The second-order valence-corrected chi connectivity index (χ2v) is 4.97. The number of terminal acetylenes is 1. The first-order valence-corrected chi connectivity index (χ1v) is 5.67. The van der Waals surface area contributed by atoms with Gasteiger partial charge in [-0.25, -0.2) is 9.59 Å². The molecule has 0 aliphatic carbocycles. The van der Waals surface area contributed by atoms with Gasteiger partial charge in [0.25, 0.3) is 0 Å². The zero-order valence-corrected chi connectivity index (χ0v) is 10.9. The molecule has 1 aliphatic rings. The van der Waals surface area contributed by atoms with Gasteiger partial charge in [-0.1, -0.05) is 5.92 Å². The molecule has 0 aromatic heterocycles. The minimum atomic E-state index is -0.568. The first-order chi connectivity index (χ1) is 8.31. The van der Waals surface area contributed by atoms with E-state index in [1.54, 1.807) is 20.8 Å². The molecule has 0 bridgehead atoms. The number of hydrogen-bond acceptors (Lipinski definition) is 4. The Morgan fingerprint density at radius 1 is 1.44 bits per heavy atom. The molecule has 6 heteroatoms. The number of carbonyl (C=O) groups is 2. The maximum atomic E-state index is 11.6. The molecule has 1 N–H and O–H groups in total. The summed E-state index contributed by atoms with van der Waals surface area (Å²) in [6, 6.07) is 0. The van der Waals surface area contributed by atoms with Gasteiger partial charge >= 0.3 is 12.2 Å². The topological polar surface area (TPSA) is 67.9 Å². The molecule has 0 unspecified atom stereocenters. The number of hydrogen-bond donors (Lipinski definition) is 1. The summed E-state index contributed by atoms with van der Waals surface area (Å²) in [4.78, 5) is 24.2. The fraction of sp³-hybridized carbons (Fsp3) is 0.667. The van der Waals surface area contributed by atoms with Crippen LogP contribution >= 0.6 is 0 Å². The van der Waals surface area contributed by atoms with Crippen LogP contribution in [0.2, 0.25) is 0 Å². The van der Waals surface area contributed by atoms with Crippen molar-refractivity contribution in [1.29, 1.82) is 0 Å². The van der Waals surface area contributed by atoms with Crippen LogP contribution in [0.15, 0.2) is 0 Å². The summed E-state index contributed by atoms with van der Waals surface area (Å²) in [5, 5.41) is 2.38. The lowest BCUT2D eigenvalue weighted by Crippen LogP contribution is -2.57. The first-order valence-electron chi connectivity index (χ1n) is 5.67. The van der Waals surface area contributed by atoms with Crippen LogP contribution in [0.3, 0.4) is 0 Å². The van der Waals surface area contributed by atoms with Crippen LogP contribution in [-0.2, 0) is 9.47 Å². The van der Waals surface area contributed by atoms with Gasteiger partial charge in [0.15, 0.2) is 0 Å². The third-order valence-corrected chi connectivity index (χ3v) is 2.11. The van der Waals surface area contributed by atoms with Crippen LogP contribution in [0, 0.1) is 12.3 Å². The third kappa shape index (κ3) is 4.53. The number of carbonyl (C=O) groups excluding carboxylic acids is 2. The zero-order chi connectivity index (χ0) is 13.8. The highest BCUT2D eigenvalue weighted by Crippen LogP contribution is 2.17. The zero-order valence-electron chi connectivity index (χ0n) is 10.9. The second-order valence-electron chi connectivity index (χ2n) is 4.97. The van der Waals surface area contributed by atoms with E-state index in [4.69, 9.17) is 15.9 Å². The van der Waals surface area contributed by atoms with E-state index < -0.39 is 17.8 Å². The number of likely N-dealkylation sites (tertiary alicyclic amines) is 1. The summed E-state index contributed by atoms with van der Waals surface area (Å²) in [5.74, 6) is 2.26. The van der Waals surface area contributed by atoms with Crippen molar-refractivity contribution in [2.24, 2.45) is 0 Å². The highest BCUT2D eigenvalue weighted by atomic mass is 16.6. The smallest absolute Gasteiger partial charge is 0.410 e. The molecule has 1 aliphatic heterocycles. The molecular weight excluding hydrogens is 236 g/mol. The summed E-state index contributed by atoms with van der Waals surface area (Å²) in [7, 11) is 0. The molecule has 0 radical (unpaired) electrons. The van der Waals surface area contributed by atoms with Gasteiger partial charge in [0.05, 0.1) is 19.6 Å². The van der Waals surface area contributed by atoms with E-state index in [0.717, 1.165) is 0 Å². The van der Waals surface area contributed by atoms with Gasteiger partial charge in [-0.2, -0.15) is 0 Å². The van der Waals surface area contributed by atoms with Crippen LogP contribution in [0.1, 0.15) is 20.8 Å². The van der Waals surface area contributed by atoms with E-state index in [0.29, 0.717) is 13.1 Å². The predicted octanol–water partition coefficient (Wildman–Crippen LogP) is 0.965. The number of rotatable bonds is 2. The van der Waals surface area contributed by atoms with Crippen LogP contribution in [0.5, 0.6) is 0 Å². The molecule has 1 rings (SSSR count). The number of nitrogens with zero attached hydrogens (tertiary/aromatic N) is 1. The molecule has 1 fully saturated rings. The number of amides is 2. The Labute approximate surface area is 107 Å². The highest BCUT2D eigenvalue weighted by Gasteiger charge is 2.35. The summed E-state index contributed by atoms with van der Waals surface area (Å²) < 4.78 is 10.2. The van der Waals surface area contributed by atoms with Crippen molar-refractivity contribution in [3.63, 3.8) is 0 Å². The van der Waals surface area contributed by atoms with E-state index in [9.17, 15) is 9.59 Å². The van der Waals surface area contributed by atoms with Gasteiger partial charge in [0.1, 0.15) is 11.7 Å². The first kappa shape index (κ1) is 14.2. The monoisotopic (exact) mass is 254 g/mol. The fourth-order valence-corrected chi connectivity index (χ4v) is 1.30. The van der Waals surface area contributed by atoms with Gasteiger partial charge in [0, 0.05) is 0 Å². The summed E-state index contributed by atoms with van der Waals surface area (Å²) in [5.41, 5.74) is -0.521. The van der Waals surface area contributed by atoms with Crippen LogP contribution in [-0.4, -0.2) is 48.4 Å². The molecule has 0 aromatic carbocycles. The van der Waals surface area contributed by atoms with Gasteiger partial charge in [0.2, 0.25) is 0 Å². The minimum absolute atomic E-state index is 0.126. The average molecular weight is 254 g/mol. The van der Waals surface area contributed by atoms with Crippen molar-refractivity contribution in [2.45, 2.75) is 32.5 Å². The van der Waals surface area contributed by atoms with E-state index in [-0.39, 0.29) is 12.6 Å². The molecule has 100 valence electrons. The molecule has 0 spiro atoms. The standard InChI is InChI=1S/C12H18N2O4/c1-5-6-13-10(15)17-9-7-14(8-9)11(16)18-12(2,3)4/h1,9H,6-8H2,2-4H3,(H,13,15). The number of alkyl carbamates (subject to hydrolysis) is 1. The van der Waals surface area contributed by atoms with Crippen molar-refractivity contribution in [3.8, 4) is 12.3 Å². The molecule has 6 nitrogen and oxygen atoms in total. The van der Waals surface area contributed by atoms with Gasteiger partial charge in [-0.3, -0.25) is 0 Å². The van der Waals surface area contributed by atoms with Gasteiger partial charge in [-0.15, -0.1) is 6.42 Å². The van der Waals surface area contributed by atoms with Crippen LogP contribution in [0.25, 0.3) is 0 Å². The average Bonchev–Trinajstić information content (AvgIpc) is 2.16. The van der Waals surface area contributed by atoms with E-state index in [1.165, 1.54) is 4.90 Å². The summed E-state index contributed by atoms with van der Waals surface area (Å²) in [6.07, 6.45) is 3.72. The molecule has 18 heavy (non-hydrogen) atoms. The molecule has 1 heterocycles. The Morgan fingerprint density at radius 2 is 2.06 bits per heavy atom. The molecule has 0 aromatic rings. The number of ether oxygens (including phenoxy) is 2. The van der Waals surface area contributed by atoms with Crippen molar-refractivity contribution < 1.29 is 19.1 Å². The fourth-order valence-electron chi connectivity index (χ4n) is 1.30. The minimum Gasteiger partial charge on any atom is -0.444 e. The highest BCUT2D eigenvalue weighted by molar-refractivity contribution is 5.70. The summed E-state index contributed by atoms with van der Waals surface area (Å²) in [6.45, 7) is 6.21. The lowest BCUT2D eigenvalue weighted by atomic mass is 10.2. The maximum absolute atomic E-state index is 11.6. The predicted molar refractivity (Wildman–Crippen MR) is 64.9 cm³/mol. The SMILES string of the molecule is C#CCNC(=O)OC1CN(C(=O)OC(C)(C)C)C1. The molecule has 2 amide bonds. The Balaban J connectivity index is 2.22. The van der Waals surface area contributed by atoms with E-state index in [2.05, 4.69) is 11.2 Å². The third-order valence-electron chi connectivity index (χ3n) is 2.11. The lowest BCUT2D eigenvalue weighted by molar-refractivity contribution is -0.0363. The number of nitrogens with one attached hydrogen (secondary N) is 1. The van der Waals surface area contributed by atoms with E-state index >= 15 is 0 Å². The maximum Gasteiger partial charge on any atom is 0.410 e. The second kappa shape index (κ2) is 5.63. The quantitative estimate of drug-likeness (QED) is 0.745. The van der Waals surface area contributed by atoms with Crippen molar-refractivity contribution in [3.05, 3.63) is 0 Å². The molecule has 0 saturated carbocycles. The van der Waals surface area contributed by atoms with Crippen molar-refractivity contribution in [2.75, 3.05) is 19.6 Å². The van der Waals surface area contributed by atoms with Crippen molar-refractivity contribution >= 4 is 12.2 Å².